The van der Waals surface area contributed by atoms with Gasteiger partial charge in [-0.3, -0.25) is 4.79 Å². The highest BCUT2D eigenvalue weighted by molar-refractivity contribution is 5.85. The van der Waals surface area contributed by atoms with Crippen LogP contribution in [0.2, 0.25) is 0 Å². The van der Waals surface area contributed by atoms with E-state index in [4.69, 9.17) is 11.5 Å². The van der Waals surface area contributed by atoms with Crippen LogP contribution in [0.1, 0.15) is 77.6 Å². The Balaban J connectivity index is 2.34. The highest BCUT2D eigenvalue weighted by Gasteiger charge is 2.40. The molecule has 0 heterocycles. The summed E-state index contributed by atoms with van der Waals surface area (Å²) in [5.41, 5.74) is 11.5. The molecule has 1 aliphatic rings. The zero-order chi connectivity index (χ0) is 14.8. The molecule has 1 saturated carbocycles. The quantitative estimate of drug-likeness (QED) is 0.603. The van der Waals surface area contributed by atoms with E-state index in [0.29, 0.717) is 24.8 Å². The average Bonchev–Trinajstić information content (AvgIpc) is 2.50. The molecule has 0 amide bonds. The zero-order valence-electron chi connectivity index (χ0n) is 13.3. The van der Waals surface area contributed by atoms with Crippen LogP contribution < -0.4 is 11.5 Å². The van der Waals surface area contributed by atoms with Crippen LogP contribution in [0.25, 0.3) is 0 Å². The standard InChI is InChI=1S/C17H34N2O/c1-2-3-4-5-6-7-10-16(20)17(14-19)11-8-9-15(12-17)13-18/h15H,2-14,18-19H2,1H3. The predicted molar refractivity (Wildman–Crippen MR) is 85.5 cm³/mol. The number of Topliss-reactive ketones (excluding diaryl/α,β-unsaturated/α-hetero) is 1. The molecule has 0 aliphatic heterocycles. The van der Waals surface area contributed by atoms with E-state index < -0.39 is 0 Å². The molecule has 1 aliphatic carbocycles. The topological polar surface area (TPSA) is 69.1 Å². The normalized spacial score (nSPS) is 26.6. The van der Waals surface area contributed by atoms with Gasteiger partial charge in [0.15, 0.2) is 0 Å². The van der Waals surface area contributed by atoms with Gasteiger partial charge in [0.2, 0.25) is 0 Å². The number of hydrogen-bond donors (Lipinski definition) is 2. The fourth-order valence-electron chi connectivity index (χ4n) is 3.57. The van der Waals surface area contributed by atoms with Crippen LogP contribution in [0.3, 0.4) is 0 Å². The Morgan fingerprint density at radius 2 is 1.85 bits per heavy atom. The monoisotopic (exact) mass is 282 g/mol. The van der Waals surface area contributed by atoms with Crippen molar-refractivity contribution in [3.8, 4) is 0 Å². The second kappa shape index (κ2) is 9.51. The molecule has 0 aromatic carbocycles. The lowest BCUT2D eigenvalue weighted by Gasteiger charge is -2.38. The van der Waals surface area contributed by atoms with E-state index in [0.717, 1.165) is 32.1 Å². The molecule has 1 rings (SSSR count). The van der Waals surface area contributed by atoms with E-state index in [9.17, 15) is 4.79 Å². The number of hydrogen-bond acceptors (Lipinski definition) is 3. The van der Waals surface area contributed by atoms with E-state index >= 15 is 0 Å². The van der Waals surface area contributed by atoms with Crippen molar-refractivity contribution < 1.29 is 4.79 Å². The SMILES string of the molecule is CCCCCCCCC(=O)C1(CN)CCCC(CN)C1. The molecule has 2 atom stereocenters. The van der Waals surface area contributed by atoms with Crippen LogP contribution in [-0.2, 0) is 4.79 Å². The molecule has 3 heteroatoms. The highest BCUT2D eigenvalue weighted by Crippen LogP contribution is 2.40. The van der Waals surface area contributed by atoms with Crippen molar-refractivity contribution in [3.05, 3.63) is 0 Å². The summed E-state index contributed by atoms with van der Waals surface area (Å²) in [5, 5.41) is 0. The Bertz CT molecular complexity index is 280. The summed E-state index contributed by atoms with van der Waals surface area (Å²) in [5.74, 6) is 0.912. The van der Waals surface area contributed by atoms with Gasteiger partial charge in [-0.2, -0.15) is 0 Å². The smallest absolute Gasteiger partial charge is 0.140 e. The molecule has 118 valence electrons. The molecule has 20 heavy (non-hydrogen) atoms. The van der Waals surface area contributed by atoms with Crippen molar-refractivity contribution in [1.82, 2.24) is 0 Å². The molecule has 0 aromatic heterocycles. The van der Waals surface area contributed by atoms with Gasteiger partial charge in [-0.1, -0.05) is 45.4 Å². The molecule has 0 bridgehead atoms. The number of ketones is 1. The molecule has 2 unspecified atom stereocenters. The van der Waals surface area contributed by atoms with Crippen molar-refractivity contribution in [2.75, 3.05) is 13.1 Å². The number of nitrogens with two attached hydrogens (primary N) is 2. The van der Waals surface area contributed by atoms with E-state index in [1.807, 2.05) is 0 Å². The number of unbranched alkanes of at least 4 members (excludes halogenated alkanes) is 5. The molecular formula is C17H34N2O. The van der Waals surface area contributed by atoms with Gasteiger partial charge in [0.1, 0.15) is 5.78 Å². The molecule has 1 fully saturated rings. The summed E-state index contributed by atoms with van der Waals surface area (Å²) in [6.07, 6.45) is 12.3. The molecule has 0 spiro atoms. The fourth-order valence-corrected chi connectivity index (χ4v) is 3.57. The van der Waals surface area contributed by atoms with E-state index in [-0.39, 0.29) is 5.41 Å². The Labute approximate surface area is 124 Å². The van der Waals surface area contributed by atoms with Crippen LogP contribution in [0.4, 0.5) is 0 Å². The summed E-state index contributed by atoms with van der Waals surface area (Å²) < 4.78 is 0. The lowest BCUT2D eigenvalue weighted by atomic mass is 9.66. The highest BCUT2D eigenvalue weighted by atomic mass is 16.1. The summed E-state index contributed by atoms with van der Waals surface area (Å²) in [6.45, 7) is 3.44. The molecule has 0 radical (unpaired) electrons. The van der Waals surface area contributed by atoms with Crippen LogP contribution in [0.5, 0.6) is 0 Å². The summed E-state index contributed by atoms with van der Waals surface area (Å²) in [7, 11) is 0. The van der Waals surface area contributed by atoms with Gasteiger partial charge >= 0.3 is 0 Å². The van der Waals surface area contributed by atoms with Crippen LogP contribution in [0, 0.1) is 11.3 Å². The minimum absolute atomic E-state index is 0.244. The van der Waals surface area contributed by atoms with Crippen molar-refractivity contribution in [2.45, 2.75) is 77.6 Å². The minimum atomic E-state index is -0.244. The van der Waals surface area contributed by atoms with Gasteiger partial charge in [-0.25, -0.2) is 0 Å². The van der Waals surface area contributed by atoms with Crippen molar-refractivity contribution in [3.63, 3.8) is 0 Å². The maximum absolute atomic E-state index is 12.6. The second-order valence-corrected chi connectivity index (χ2v) is 6.62. The second-order valence-electron chi connectivity index (χ2n) is 6.62. The summed E-state index contributed by atoms with van der Waals surface area (Å²) >= 11 is 0. The number of carbonyl (C=O) groups is 1. The lowest BCUT2D eigenvalue weighted by molar-refractivity contribution is -0.131. The van der Waals surface area contributed by atoms with Gasteiger partial charge in [0, 0.05) is 18.4 Å². The van der Waals surface area contributed by atoms with Crippen LogP contribution >= 0.6 is 0 Å². The molecule has 4 N–H and O–H groups in total. The Morgan fingerprint density at radius 3 is 2.50 bits per heavy atom. The first-order chi connectivity index (χ1) is 9.68. The Morgan fingerprint density at radius 1 is 1.15 bits per heavy atom. The first kappa shape index (κ1) is 17.6. The minimum Gasteiger partial charge on any atom is -0.330 e. The first-order valence-electron chi connectivity index (χ1n) is 8.62. The van der Waals surface area contributed by atoms with Gasteiger partial charge in [0.05, 0.1) is 0 Å². The van der Waals surface area contributed by atoms with Crippen molar-refractivity contribution in [1.29, 1.82) is 0 Å². The van der Waals surface area contributed by atoms with E-state index in [1.165, 1.54) is 38.5 Å². The summed E-state index contributed by atoms with van der Waals surface area (Å²) in [6, 6.07) is 0. The zero-order valence-corrected chi connectivity index (χ0v) is 13.3. The van der Waals surface area contributed by atoms with Crippen molar-refractivity contribution in [2.24, 2.45) is 22.8 Å². The molecule has 3 nitrogen and oxygen atoms in total. The lowest BCUT2D eigenvalue weighted by Crippen LogP contribution is -2.43. The summed E-state index contributed by atoms with van der Waals surface area (Å²) in [4.78, 5) is 12.6. The maximum atomic E-state index is 12.6. The van der Waals surface area contributed by atoms with E-state index in [1.54, 1.807) is 0 Å². The third kappa shape index (κ3) is 5.17. The fraction of sp³-hybridized carbons (Fsp3) is 0.941. The van der Waals surface area contributed by atoms with Gasteiger partial charge < -0.3 is 11.5 Å². The largest absolute Gasteiger partial charge is 0.330 e. The van der Waals surface area contributed by atoms with Crippen LogP contribution in [-0.4, -0.2) is 18.9 Å². The maximum Gasteiger partial charge on any atom is 0.140 e. The number of rotatable bonds is 10. The number of carbonyl (C=O) groups excluding carboxylic acids is 1. The molecular weight excluding hydrogens is 248 g/mol. The van der Waals surface area contributed by atoms with Crippen molar-refractivity contribution >= 4 is 5.78 Å². The first-order valence-corrected chi connectivity index (χ1v) is 8.62. The molecule has 0 aromatic rings. The van der Waals surface area contributed by atoms with Gasteiger partial charge in [0.25, 0.3) is 0 Å². The van der Waals surface area contributed by atoms with Gasteiger partial charge in [-0.15, -0.1) is 0 Å². The Hall–Kier alpha value is -0.410. The molecule has 0 saturated heterocycles. The van der Waals surface area contributed by atoms with Crippen LogP contribution in [0.15, 0.2) is 0 Å². The van der Waals surface area contributed by atoms with E-state index in [2.05, 4.69) is 6.92 Å². The third-order valence-electron chi connectivity index (χ3n) is 5.02. The third-order valence-corrected chi connectivity index (χ3v) is 5.02. The van der Waals surface area contributed by atoms with Gasteiger partial charge in [-0.05, 0) is 38.1 Å². The predicted octanol–water partition coefficient (Wildman–Crippen LogP) is 3.40. The Kier molecular flexibility index (Phi) is 8.39. The average molecular weight is 282 g/mol.